The lowest BCUT2D eigenvalue weighted by Gasteiger charge is -2.12. The minimum absolute atomic E-state index is 0.0215. The van der Waals surface area contributed by atoms with Gasteiger partial charge in [-0.1, -0.05) is 6.07 Å². The molecule has 1 aliphatic rings. The van der Waals surface area contributed by atoms with E-state index in [2.05, 4.69) is 17.1 Å². The number of aryl methyl sites for hydroxylation is 3. The van der Waals surface area contributed by atoms with Crippen LogP contribution >= 0.6 is 0 Å². The van der Waals surface area contributed by atoms with Crippen molar-refractivity contribution in [2.75, 3.05) is 0 Å². The third-order valence-electron chi connectivity index (χ3n) is 3.68. The number of hydrogen-bond donors (Lipinski definition) is 2. The first-order valence-corrected chi connectivity index (χ1v) is 6.75. The molecule has 1 aliphatic carbocycles. The maximum Gasteiger partial charge on any atom is 0.230 e. The Morgan fingerprint density at radius 1 is 1.25 bits per heavy atom. The molecule has 0 spiro atoms. The summed E-state index contributed by atoms with van der Waals surface area (Å²) in [5, 5.41) is 7.66. The van der Waals surface area contributed by atoms with E-state index in [0.717, 1.165) is 24.2 Å². The maximum absolute atomic E-state index is 7.66. The molecule has 4 nitrogen and oxygen atoms in total. The topological polar surface area (TPSA) is 72.0 Å². The molecule has 3 rings (SSSR count). The lowest BCUT2D eigenvalue weighted by molar-refractivity contribution is 0.460. The van der Waals surface area contributed by atoms with Crippen LogP contribution in [0.1, 0.15) is 28.7 Å². The first-order valence-electron chi connectivity index (χ1n) is 6.75. The van der Waals surface area contributed by atoms with Crippen molar-refractivity contribution in [3.05, 3.63) is 52.7 Å². The van der Waals surface area contributed by atoms with Gasteiger partial charge in [-0.25, -0.2) is 4.98 Å². The van der Waals surface area contributed by atoms with Crippen molar-refractivity contribution in [2.24, 2.45) is 5.73 Å². The Kier molecular flexibility index (Phi) is 3.14. The van der Waals surface area contributed by atoms with Gasteiger partial charge in [-0.2, -0.15) is 0 Å². The maximum atomic E-state index is 7.66. The summed E-state index contributed by atoms with van der Waals surface area (Å²) in [7, 11) is 0. The van der Waals surface area contributed by atoms with Crippen LogP contribution in [0.5, 0.6) is 11.6 Å². The van der Waals surface area contributed by atoms with Gasteiger partial charge in [0.2, 0.25) is 5.88 Å². The summed E-state index contributed by atoms with van der Waals surface area (Å²) in [6.45, 7) is 1.90. The number of nitrogens with zero attached hydrogens (tertiary/aromatic N) is 1. The third kappa shape index (κ3) is 2.25. The van der Waals surface area contributed by atoms with Gasteiger partial charge >= 0.3 is 0 Å². The zero-order chi connectivity index (χ0) is 14.1. The standard InChI is InChI=1S/C16H17N3O/c1-10-7-8-19-16(14(10)15(17)18)20-13-6-5-11-3-2-4-12(11)9-13/h5-9H,2-4H2,1H3,(H3,17,18). The van der Waals surface area contributed by atoms with E-state index in [-0.39, 0.29) is 5.84 Å². The SMILES string of the molecule is Cc1ccnc(Oc2ccc3c(c2)CCC3)c1C(=N)N. The predicted molar refractivity (Wildman–Crippen MR) is 78.5 cm³/mol. The molecule has 1 heterocycles. The van der Waals surface area contributed by atoms with Gasteiger partial charge in [0, 0.05) is 6.20 Å². The van der Waals surface area contributed by atoms with E-state index in [1.807, 2.05) is 19.1 Å². The number of hydrogen-bond acceptors (Lipinski definition) is 3. The van der Waals surface area contributed by atoms with Crippen LogP contribution in [0.25, 0.3) is 0 Å². The highest BCUT2D eigenvalue weighted by molar-refractivity contribution is 5.98. The second-order valence-corrected chi connectivity index (χ2v) is 5.11. The number of fused-ring (bicyclic) bond motifs is 1. The van der Waals surface area contributed by atoms with Crippen molar-refractivity contribution >= 4 is 5.84 Å². The number of amidine groups is 1. The molecule has 1 aromatic heterocycles. The van der Waals surface area contributed by atoms with Crippen LogP contribution in [0.15, 0.2) is 30.5 Å². The van der Waals surface area contributed by atoms with Crippen LogP contribution in [0.2, 0.25) is 0 Å². The van der Waals surface area contributed by atoms with E-state index in [4.69, 9.17) is 15.9 Å². The van der Waals surface area contributed by atoms with Crippen LogP contribution in [0.4, 0.5) is 0 Å². The average Bonchev–Trinajstić information content (AvgIpc) is 2.85. The van der Waals surface area contributed by atoms with Crippen molar-refractivity contribution in [1.82, 2.24) is 4.98 Å². The second-order valence-electron chi connectivity index (χ2n) is 5.11. The van der Waals surface area contributed by atoms with E-state index in [0.29, 0.717) is 11.4 Å². The number of rotatable bonds is 3. The van der Waals surface area contributed by atoms with Crippen LogP contribution in [-0.4, -0.2) is 10.8 Å². The lowest BCUT2D eigenvalue weighted by Crippen LogP contribution is -2.14. The van der Waals surface area contributed by atoms with Crippen LogP contribution < -0.4 is 10.5 Å². The largest absolute Gasteiger partial charge is 0.438 e. The van der Waals surface area contributed by atoms with Gasteiger partial charge in [0.1, 0.15) is 11.6 Å². The monoisotopic (exact) mass is 267 g/mol. The molecule has 4 heteroatoms. The van der Waals surface area contributed by atoms with Crippen LogP contribution in [-0.2, 0) is 12.8 Å². The number of pyridine rings is 1. The van der Waals surface area contributed by atoms with Gasteiger partial charge in [-0.05, 0) is 61.1 Å². The van der Waals surface area contributed by atoms with Crippen molar-refractivity contribution < 1.29 is 4.74 Å². The second kappa shape index (κ2) is 4.96. The summed E-state index contributed by atoms with van der Waals surface area (Å²) in [4.78, 5) is 4.21. The molecular formula is C16H17N3O. The average molecular weight is 267 g/mol. The van der Waals surface area contributed by atoms with E-state index in [9.17, 15) is 0 Å². The highest BCUT2D eigenvalue weighted by Crippen LogP contribution is 2.30. The predicted octanol–water partition coefficient (Wildman–Crippen LogP) is 2.96. The number of nitrogens with two attached hydrogens (primary N) is 1. The van der Waals surface area contributed by atoms with E-state index < -0.39 is 0 Å². The molecular weight excluding hydrogens is 250 g/mol. The van der Waals surface area contributed by atoms with E-state index in [1.165, 1.54) is 17.5 Å². The molecule has 3 N–H and O–H groups in total. The number of aromatic nitrogens is 1. The normalized spacial score (nSPS) is 13.1. The fraction of sp³-hybridized carbons (Fsp3) is 0.250. The number of benzene rings is 1. The molecule has 0 atom stereocenters. The Morgan fingerprint density at radius 3 is 2.85 bits per heavy atom. The first kappa shape index (κ1) is 12.7. The Hall–Kier alpha value is -2.36. The van der Waals surface area contributed by atoms with Gasteiger partial charge in [-0.15, -0.1) is 0 Å². The Labute approximate surface area is 118 Å². The van der Waals surface area contributed by atoms with Gasteiger partial charge < -0.3 is 10.5 Å². The Bertz CT molecular complexity index is 679. The molecule has 0 radical (unpaired) electrons. The summed E-state index contributed by atoms with van der Waals surface area (Å²) < 4.78 is 5.84. The Balaban J connectivity index is 1.95. The fourth-order valence-electron chi connectivity index (χ4n) is 2.66. The van der Waals surface area contributed by atoms with Gasteiger partial charge in [0.25, 0.3) is 0 Å². The number of ether oxygens (including phenoxy) is 1. The van der Waals surface area contributed by atoms with Crippen molar-refractivity contribution in [3.8, 4) is 11.6 Å². The van der Waals surface area contributed by atoms with Gasteiger partial charge in [-0.3, -0.25) is 5.41 Å². The summed E-state index contributed by atoms with van der Waals surface area (Å²) in [5.74, 6) is 1.13. The van der Waals surface area contributed by atoms with E-state index in [1.54, 1.807) is 6.20 Å². The highest BCUT2D eigenvalue weighted by Gasteiger charge is 2.15. The Morgan fingerprint density at radius 2 is 2.05 bits per heavy atom. The van der Waals surface area contributed by atoms with Gasteiger partial charge in [0.05, 0.1) is 5.56 Å². The number of nitrogen functional groups attached to an aromatic ring is 1. The quantitative estimate of drug-likeness (QED) is 0.663. The van der Waals surface area contributed by atoms with Gasteiger partial charge in [0.15, 0.2) is 0 Å². The van der Waals surface area contributed by atoms with Crippen LogP contribution in [0, 0.1) is 12.3 Å². The highest BCUT2D eigenvalue weighted by atomic mass is 16.5. The minimum atomic E-state index is -0.0215. The third-order valence-corrected chi connectivity index (χ3v) is 3.68. The smallest absolute Gasteiger partial charge is 0.230 e. The van der Waals surface area contributed by atoms with Crippen LogP contribution in [0.3, 0.4) is 0 Å². The summed E-state index contributed by atoms with van der Waals surface area (Å²) in [6.07, 6.45) is 5.13. The molecule has 0 saturated carbocycles. The zero-order valence-corrected chi connectivity index (χ0v) is 11.4. The number of nitrogens with one attached hydrogen (secondary N) is 1. The molecule has 0 unspecified atom stereocenters. The molecule has 0 bridgehead atoms. The molecule has 0 saturated heterocycles. The first-order chi connectivity index (χ1) is 9.65. The molecule has 102 valence electrons. The molecule has 20 heavy (non-hydrogen) atoms. The summed E-state index contributed by atoms with van der Waals surface area (Å²) >= 11 is 0. The van der Waals surface area contributed by atoms with Crippen molar-refractivity contribution in [3.63, 3.8) is 0 Å². The molecule has 1 aromatic carbocycles. The molecule has 0 aliphatic heterocycles. The molecule has 0 fully saturated rings. The lowest BCUT2D eigenvalue weighted by atomic mass is 10.1. The van der Waals surface area contributed by atoms with Crippen molar-refractivity contribution in [1.29, 1.82) is 5.41 Å². The molecule has 0 amide bonds. The fourth-order valence-corrected chi connectivity index (χ4v) is 2.66. The summed E-state index contributed by atoms with van der Waals surface area (Å²) in [5.41, 5.74) is 9.83. The molecule has 2 aromatic rings. The summed E-state index contributed by atoms with van der Waals surface area (Å²) in [6, 6.07) is 7.96. The van der Waals surface area contributed by atoms with Crippen molar-refractivity contribution in [2.45, 2.75) is 26.2 Å². The zero-order valence-electron chi connectivity index (χ0n) is 11.4. The minimum Gasteiger partial charge on any atom is -0.438 e. The van der Waals surface area contributed by atoms with E-state index >= 15 is 0 Å².